The van der Waals surface area contributed by atoms with Crippen LogP contribution >= 0.6 is 11.6 Å². The molecule has 0 fully saturated rings. The maximum atomic E-state index is 13.7. The fraction of sp³-hybridized carbons (Fsp3) is 0.188. The minimum Gasteiger partial charge on any atom is -0.384 e. The van der Waals surface area contributed by atoms with E-state index >= 15 is 0 Å². The van der Waals surface area contributed by atoms with E-state index in [1.807, 2.05) is 12.1 Å². The molecule has 0 amide bonds. The van der Waals surface area contributed by atoms with Gasteiger partial charge in [-0.2, -0.15) is 0 Å². The number of benzene rings is 2. The van der Waals surface area contributed by atoms with Crippen molar-refractivity contribution in [1.29, 1.82) is 0 Å². The normalized spacial score (nSPS) is 12.9. The molecule has 102 valence electrons. The van der Waals surface area contributed by atoms with Crippen molar-refractivity contribution in [2.45, 2.75) is 12.8 Å². The van der Waals surface area contributed by atoms with Crippen LogP contribution in [0.2, 0.25) is 5.02 Å². The van der Waals surface area contributed by atoms with Gasteiger partial charge in [-0.15, -0.1) is 0 Å². The molecular formula is C16H13ClFNO. The molecule has 0 aliphatic carbocycles. The molecule has 0 saturated carbocycles. The second kappa shape index (κ2) is 5.25. The Morgan fingerprint density at radius 1 is 1.30 bits per heavy atom. The Morgan fingerprint density at radius 3 is 2.95 bits per heavy atom. The van der Waals surface area contributed by atoms with Crippen LogP contribution in [0, 0.1) is 5.82 Å². The van der Waals surface area contributed by atoms with E-state index in [0.29, 0.717) is 5.56 Å². The van der Waals surface area contributed by atoms with E-state index in [-0.39, 0.29) is 22.8 Å². The Labute approximate surface area is 121 Å². The highest BCUT2D eigenvalue weighted by Gasteiger charge is 2.16. The highest BCUT2D eigenvalue weighted by atomic mass is 35.5. The number of anilines is 1. The van der Waals surface area contributed by atoms with Gasteiger partial charge in [0, 0.05) is 34.8 Å². The summed E-state index contributed by atoms with van der Waals surface area (Å²) in [4.78, 5) is 12.3. The van der Waals surface area contributed by atoms with Crippen molar-refractivity contribution in [1.82, 2.24) is 0 Å². The van der Waals surface area contributed by atoms with Crippen LogP contribution in [0.25, 0.3) is 0 Å². The number of hydrogen-bond acceptors (Lipinski definition) is 2. The Balaban J connectivity index is 1.86. The summed E-state index contributed by atoms with van der Waals surface area (Å²) in [5, 5.41) is 3.52. The first-order valence-corrected chi connectivity index (χ1v) is 6.86. The average molecular weight is 290 g/mol. The number of hydrogen-bond donors (Lipinski definition) is 1. The number of carbonyl (C=O) groups excluding carboxylic acids is 1. The maximum Gasteiger partial charge on any atom is 0.167 e. The van der Waals surface area contributed by atoms with Gasteiger partial charge in [0.25, 0.3) is 0 Å². The molecule has 2 nitrogen and oxygen atoms in total. The van der Waals surface area contributed by atoms with Gasteiger partial charge < -0.3 is 5.32 Å². The molecule has 0 aromatic heterocycles. The number of fused-ring (bicyclic) bond motifs is 1. The second-order valence-corrected chi connectivity index (χ2v) is 5.26. The van der Waals surface area contributed by atoms with Crippen molar-refractivity contribution in [3.8, 4) is 0 Å². The van der Waals surface area contributed by atoms with Gasteiger partial charge in [0.1, 0.15) is 5.82 Å². The van der Waals surface area contributed by atoms with Crippen LogP contribution in [0.5, 0.6) is 0 Å². The van der Waals surface area contributed by atoms with Crippen LogP contribution in [0.15, 0.2) is 36.4 Å². The molecule has 1 aliphatic heterocycles. The van der Waals surface area contributed by atoms with Crippen molar-refractivity contribution in [3.05, 3.63) is 63.9 Å². The predicted octanol–water partition coefficient (Wildman–Crippen LogP) is 3.87. The van der Waals surface area contributed by atoms with Crippen LogP contribution in [0.1, 0.15) is 21.5 Å². The second-order valence-electron chi connectivity index (χ2n) is 4.85. The summed E-state index contributed by atoms with van der Waals surface area (Å²) in [6.45, 7) is 0.895. The Kier molecular flexibility index (Phi) is 3.45. The average Bonchev–Trinajstić information content (AvgIpc) is 2.90. The topological polar surface area (TPSA) is 29.1 Å². The zero-order chi connectivity index (χ0) is 14.1. The van der Waals surface area contributed by atoms with Crippen LogP contribution in [0.4, 0.5) is 10.1 Å². The lowest BCUT2D eigenvalue weighted by Gasteiger charge is -2.07. The zero-order valence-corrected chi connectivity index (χ0v) is 11.5. The molecule has 3 rings (SSSR count). The van der Waals surface area contributed by atoms with Gasteiger partial charge in [-0.1, -0.05) is 29.8 Å². The first-order valence-electron chi connectivity index (χ1n) is 6.48. The maximum absolute atomic E-state index is 13.7. The van der Waals surface area contributed by atoms with Gasteiger partial charge in [0.05, 0.1) is 0 Å². The third-order valence-electron chi connectivity index (χ3n) is 3.54. The number of rotatable bonds is 3. The number of ketones is 1. The van der Waals surface area contributed by atoms with E-state index in [1.165, 1.54) is 17.7 Å². The molecule has 2 aromatic rings. The molecule has 1 N–H and O–H groups in total. The van der Waals surface area contributed by atoms with E-state index in [2.05, 4.69) is 5.32 Å². The fourth-order valence-electron chi connectivity index (χ4n) is 2.43. The highest BCUT2D eigenvalue weighted by molar-refractivity contribution is 6.31. The summed E-state index contributed by atoms with van der Waals surface area (Å²) in [6.07, 6.45) is 0.952. The molecule has 0 bridgehead atoms. The molecule has 0 unspecified atom stereocenters. The SMILES string of the molecule is O=C(Cc1c(F)cccc1Cl)c1ccc2c(c1)NCC2. The lowest BCUT2D eigenvalue weighted by molar-refractivity contribution is 0.0992. The first kappa shape index (κ1) is 13.1. The minimum absolute atomic E-state index is 0.0235. The van der Waals surface area contributed by atoms with E-state index < -0.39 is 5.82 Å². The van der Waals surface area contributed by atoms with Gasteiger partial charge in [0.2, 0.25) is 0 Å². The summed E-state index contributed by atoms with van der Waals surface area (Å²) >= 11 is 5.95. The van der Waals surface area contributed by atoms with Gasteiger partial charge in [-0.25, -0.2) is 4.39 Å². The van der Waals surface area contributed by atoms with E-state index in [1.54, 1.807) is 12.1 Å². The standard InChI is InChI=1S/C16H13ClFNO/c17-13-2-1-3-14(18)12(13)9-16(20)11-5-4-10-6-7-19-15(10)8-11/h1-5,8,19H,6-7,9H2. The molecule has 0 radical (unpaired) electrons. The van der Waals surface area contributed by atoms with Crippen molar-refractivity contribution >= 4 is 23.1 Å². The van der Waals surface area contributed by atoms with Crippen LogP contribution < -0.4 is 5.32 Å². The van der Waals surface area contributed by atoms with Gasteiger partial charge in [-0.05, 0) is 30.2 Å². The molecule has 1 aliphatic rings. The van der Waals surface area contributed by atoms with E-state index in [0.717, 1.165) is 18.7 Å². The molecule has 1 heterocycles. The van der Waals surface area contributed by atoms with Crippen LogP contribution in [-0.2, 0) is 12.8 Å². The summed E-state index contributed by atoms with van der Waals surface area (Å²) in [5.74, 6) is -0.571. The van der Waals surface area contributed by atoms with Crippen molar-refractivity contribution in [2.24, 2.45) is 0 Å². The van der Waals surface area contributed by atoms with E-state index in [4.69, 9.17) is 11.6 Å². The molecule has 0 saturated heterocycles. The van der Waals surface area contributed by atoms with Gasteiger partial charge >= 0.3 is 0 Å². The lowest BCUT2D eigenvalue weighted by atomic mass is 10.0. The largest absolute Gasteiger partial charge is 0.384 e. The molecule has 20 heavy (non-hydrogen) atoms. The third-order valence-corrected chi connectivity index (χ3v) is 3.89. The summed E-state index contributed by atoms with van der Waals surface area (Å²) in [5.41, 5.74) is 3.05. The first-order chi connectivity index (χ1) is 9.65. The lowest BCUT2D eigenvalue weighted by Crippen LogP contribution is -2.06. The summed E-state index contributed by atoms with van der Waals surface area (Å²) < 4.78 is 13.7. The monoisotopic (exact) mass is 289 g/mol. The summed E-state index contributed by atoms with van der Waals surface area (Å²) in [6, 6.07) is 10.0. The minimum atomic E-state index is -0.440. The predicted molar refractivity (Wildman–Crippen MR) is 78.1 cm³/mol. The van der Waals surface area contributed by atoms with Crippen molar-refractivity contribution in [3.63, 3.8) is 0 Å². The quantitative estimate of drug-likeness (QED) is 0.869. The van der Waals surface area contributed by atoms with Crippen molar-refractivity contribution < 1.29 is 9.18 Å². The third kappa shape index (κ3) is 2.41. The summed E-state index contributed by atoms with van der Waals surface area (Å²) in [7, 11) is 0. The van der Waals surface area contributed by atoms with Gasteiger partial charge in [-0.3, -0.25) is 4.79 Å². The molecule has 0 atom stereocenters. The van der Waals surface area contributed by atoms with Gasteiger partial charge in [0.15, 0.2) is 5.78 Å². The molecule has 4 heteroatoms. The number of carbonyl (C=O) groups is 1. The fourth-order valence-corrected chi connectivity index (χ4v) is 2.66. The van der Waals surface area contributed by atoms with E-state index in [9.17, 15) is 9.18 Å². The molecular weight excluding hydrogens is 277 g/mol. The Bertz CT molecular complexity index is 664. The zero-order valence-electron chi connectivity index (χ0n) is 10.7. The smallest absolute Gasteiger partial charge is 0.167 e. The number of Topliss-reactive ketones (excluding diaryl/α,β-unsaturated/α-hetero) is 1. The van der Waals surface area contributed by atoms with Crippen LogP contribution in [0.3, 0.4) is 0 Å². The highest BCUT2D eigenvalue weighted by Crippen LogP contribution is 2.25. The van der Waals surface area contributed by atoms with Crippen molar-refractivity contribution in [2.75, 3.05) is 11.9 Å². The molecule has 2 aromatic carbocycles. The Hall–Kier alpha value is -1.87. The number of nitrogens with one attached hydrogen (secondary N) is 1. The molecule has 0 spiro atoms. The number of halogens is 2. The van der Waals surface area contributed by atoms with Crippen LogP contribution in [-0.4, -0.2) is 12.3 Å². The Morgan fingerprint density at radius 2 is 2.15 bits per heavy atom.